The number of hydrogen-bond acceptors (Lipinski definition) is 2. The third kappa shape index (κ3) is 2.91. The fourth-order valence-corrected chi connectivity index (χ4v) is 1.56. The van der Waals surface area contributed by atoms with E-state index in [-0.39, 0.29) is 6.04 Å². The average Bonchev–Trinajstić information content (AvgIpc) is 2.82. The Morgan fingerprint density at radius 1 is 1.24 bits per heavy atom. The van der Waals surface area contributed by atoms with E-state index in [0.29, 0.717) is 12.1 Å². The van der Waals surface area contributed by atoms with Crippen LogP contribution in [0, 0.1) is 11.6 Å². The molecule has 4 heteroatoms. The SMILES string of the molecule is CC(NCc1ccoc1)c1ccc(F)c(F)c1. The first kappa shape index (κ1) is 11.8. The highest BCUT2D eigenvalue weighted by Gasteiger charge is 2.08. The molecule has 0 fully saturated rings. The number of rotatable bonds is 4. The Balaban J connectivity index is 1.99. The van der Waals surface area contributed by atoms with Crippen molar-refractivity contribution in [3.63, 3.8) is 0 Å². The largest absolute Gasteiger partial charge is 0.472 e. The minimum Gasteiger partial charge on any atom is -0.472 e. The van der Waals surface area contributed by atoms with Gasteiger partial charge in [-0.2, -0.15) is 0 Å². The van der Waals surface area contributed by atoms with Crippen LogP contribution >= 0.6 is 0 Å². The van der Waals surface area contributed by atoms with Gasteiger partial charge in [0.25, 0.3) is 0 Å². The first-order valence-electron chi connectivity index (χ1n) is 5.36. The fourth-order valence-electron chi connectivity index (χ4n) is 1.56. The maximum atomic E-state index is 13.0. The van der Waals surface area contributed by atoms with Crippen molar-refractivity contribution in [1.82, 2.24) is 5.32 Å². The van der Waals surface area contributed by atoms with E-state index in [1.165, 1.54) is 6.07 Å². The molecule has 1 aromatic heterocycles. The summed E-state index contributed by atoms with van der Waals surface area (Å²) in [5.74, 6) is -1.64. The Hall–Kier alpha value is -1.68. The molecule has 17 heavy (non-hydrogen) atoms. The first-order valence-corrected chi connectivity index (χ1v) is 5.36. The zero-order valence-electron chi connectivity index (χ0n) is 9.41. The summed E-state index contributed by atoms with van der Waals surface area (Å²) in [4.78, 5) is 0. The molecule has 0 aliphatic carbocycles. The molecule has 0 bridgehead atoms. The highest BCUT2D eigenvalue weighted by molar-refractivity contribution is 5.21. The zero-order chi connectivity index (χ0) is 12.3. The van der Waals surface area contributed by atoms with Crippen molar-refractivity contribution in [2.75, 3.05) is 0 Å². The van der Waals surface area contributed by atoms with E-state index >= 15 is 0 Å². The number of hydrogen-bond donors (Lipinski definition) is 1. The first-order chi connectivity index (χ1) is 8.16. The van der Waals surface area contributed by atoms with Gasteiger partial charge in [0.1, 0.15) is 0 Å². The third-order valence-electron chi connectivity index (χ3n) is 2.64. The van der Waals surface area contributed by atoms with Gasteiger partial charge in [0.2, 0.25) is 0 Å². The summed E-state index contributed by atoms with van der Waals surface area (Å²) in [6, 6.07) is 5.72. The lowest BCUT2D eigenvalue weighted by Crippen LogP contribution is -2.17. The van der Waals surface area contributed by atoms with Crippen LogP contribution < -0.4 is 5.32 Å². The van der Waals surface area contributed by atoms with Crippen LogP contribution in [-0.2, 0) is 6.54 Å². The zero-order valence-corrected chi connectivity index (χ0v) is 9.41. The van der Waals surface area contributed by atoms with E-state index in [0.717, 1.165) is 11.6 Å². The Morgan fingerprint density at radius 3 is 2.71 bits per heavy atom. The molecular weight excluding hydrogens is 224 g/mol. The quantitative estimate of drug-likeness (QED) is 0.881. The molecule has 0 amide bonds. The Bertz CT molecular complexity index is 482. The van der Waals surface area contributed by atoms with Gasteiger partial charge in [0.15, 0.2) is 11.6 Å². The monoisotopic (exact) mass is 237 g/mol. The topological polar surface area (TPSA) is 25.2 Å². The van der Waals surface area contributed by atoms with Gasteiger partial charge in [0, 0.05) is 18.2 Å². The lowest BCUT2D eigenvalue weighted by atomic mass is 10.1. The Labute approximate surface area is 98.3 Å². The molecule has 0 saturated heterocycles. The summed E-state index contributed by atoms with van der Waals surface area (Å²) in [5.41, 5.74) is 1.73. The molecule has 90 valence electrons. The molecule has 0 aliphatic rings. The van der Waals surface area contributed by atoms with Gasteiger partial charge in [0.05, 0.1) is 12.5 Å². The van der Waals surface area contributed by atoms with Gasteiger partial charge >= 0.3 is 0 Å². The lowest BCUT2D eigenvalue weighted by Gasteiger charge is -2.13. The maximum Gasteiger partial charge on any atom is 0.159 e. The van der Waals surface area contributed by atoms with Crippen molar-refractivity contribution in [2.45, 2.75) is 19.5 Å². The van der Waals surface area contributed by atoms with Crippen LogP contribution in [0.25, 0.3) is 0 Å². The molecule has 0 aliphatic heterocycles. The van der Waals surface area contributed by atoms with E-state index in [9.17, 15) is 8.78 Å². The van der Waals surface area contributed by atoms with Crippen molar-refractivity contribution in [1.29, 1.82) is 0 Å². The number of benzene rings is 1. The molecule has 2 nitrogen and oxygen atoms in total. The average molecular weight is 237 g/mol. The van der Waals surface area contributed by atoms with Gasteiger partial charge in [-0.3, -0.25) is 0 Å². The van der Waals surface area contributed by atoms with Crippen molar-refractivity contribution < 1.29 is 13.2 Å². The number of furan rings is 1. The van der Waals surface area contributed by atoms with Crippen LogP contribution in [-0.4, -0.2) is 0 Å². The summed E-state index contributed by atoms with van der Waals surface area (Å²) in [5, 5.41) is 3.20. The standard InChI is InChI=1S/C13H13F2NO/c1-9(16-7-10-4-5-17-8-10)11-2-3-12(14)13(15)6-11/h2-6,8-9,16H,7H2,1H3. The second-order valence-electron chi connectivity index (χ2n) is 3.91. The van der Waals surface area contributed by atoms with Crippen molar-refractivity contribution >= 4 is 0 Å². The smallest absolute Gasteiger partial charge is 0.159 e. The van der Waals surface area contributed by atoms with E-state index in [4.69, 9.17) is 4.42 Å². The van der Waals surface area contributed by atoms with Gasteiger partial charge in [-0.05, 0) is 30.7 Å². The predicted octanol–water partition coefficient (Wildman–Crippen LogP) is 3.41. The predicted molar refractivity (Wildman–Crippen MR) is 60.3 cm³/mol. The van der Waals surface area contributed by atoms with Gasteiger partial charge in [-0.15, -0.1) is 0 Å². The maximum absolute atomic E-state index is 13.0. The molecular formula is C13H13F2NO. The molecule has 1 heterocycles. The summed E-state index contributed by atoms with van der Waals surface area (Å²) < 4.78 is 30.7. The summed E-state index contributed by atoms with van der Waals surface area (Å²) in [7, 11) is 0. The number of halogens is 2. The summed E-state index contributed by atoms with van der Waals surface area (Å²) in [6.45, 7) is 2.52. The van der Waals surface area contributed by atoms with Gasteiger partial charge in [-0.1, -0.05) is 6.07 Å². The van der Waals surface area contributed by atoms with Crippen LogP contribution in [0.1, 0.15) is 24.1 Å². The van der Waals surface area contributed by atoms with Crippen LogP contribution in [0.3, 0.4) is 0 Å². The second kappa shape index (κ2) is 5.10. The highest BCUT2D eigenvalue weighted by Crippen LogP contribution is 2.16. The van der Waals surface area contributed by atoms with Crippen molar-refractivity contribution in [3.05, 3.63) is 59.6 Å². The van der Waals surface area contributed by atoms with E-state index in [1.54, 1.807) is 18.6 Å². The molecule has 0 saturated carbocycles. The third-order valence-corrected chi connectivity index (χ3v) is 2.64. The molecule has 1 unspecified atom stereocenters. The lowest BCUT2D eigenvalue weighted by molar-refractivity contribution is 0.500. The fraction of sp³-hybridized carbons (Fsp3) is 0.231. The normalized spacial score (nSPS) is 12.6. The van der Waals surface area contributed by atoms with E-state index < -0.39 is 11.6 Å². The molecule has 0 spiro atoms. The number of nitrogens with one attached hydrogen (secondary N) is 1. The summed E-state index contributed by atoms with van der Waals surface area (Å²) >= 11 is 0. The van der Waals surface area contributed by atoms with Crippen LogP contribution in [0.15, 0.2) is 41.2 Å². The molecule has 1 atom stereocenters. The molecule has 2 aromatic rings. The minimum absolute atomic E-state index is 0.0556. The van der Waals surface area contributed by atoms with Gasteiger partial charge in [-0.25, -0.2) is 8.78 Å². The van der Waals surface area contributed by atoms with Crippen molar-refractivity contribution in [3.8, 4) is 0 Å². The molecule has 0 radical (unpaired) electrons. The Kier molecular flexibility index (Phi) is 3.54. The van der Waals surface area contributed by atoms with Crippen LogP contribution in [0.4, 0.5) is 8.78 Å². The minimum atomic E-state index is -0.823. The molecule has 2 rings (SSSR count). The van der Waals surface area contributed by atoms with Crippen LogP contribution in [0.2, 0.25) is 0 Å². The highest BCUT2D eigenvalue weighted by atomic mass is 19.2. The summed E-state index contributed by atoms with van der Waals surface area (Å²) in [6.07, 6.45) is 3.24. The molecule has 1 aromatic carbocycles. The Morgan fingerprint density at radius 2 is 2.06 bits per heavy atom. The van der Waals surface area contributed by atoms with Crippen LogP contribution in [0.5, 0.6) is 0 Å². The second-order valence-corrected chi connectivity index (χ2v) is 3.91. The van der Waals surface area contributed by atoms with Crippen molar-refractivity contribution in [2.24, 2.45) is 0 Å². The van der Waals surface area contributed by atoms with E-state index in [1.807, 2.05) is 13.0 Å². The van der Waals surface area contributed by atoms with Gasteiger partial charge < -0.3 is 9.73 Å². The van der Waals surface area contributed by atoms with E-state index in [2.05, 4.69) is 5.32 Å². The molecule has 1 N–H and O–H groups in total.